The lowest BCUT2D eigenvalue weighted by molar-refractivity contribution is -0.142. The first kappa shape index (κ1) is 22.1. The predicted molar refractivity (Wildman–Crippen MR) is 124 cm³/mol. The Morgan fingerprint density at radius 1 is 1.09 bits per heavy atom. The maximum atomic E-state index is 11.6. The van der Waals surface area contributed by atoms with E-state index < -0.39 is 12.0 Å². The molecule has 0 aliphatic rings. The van der Waals surface area contributed by atoms with Gasteiger partial charge in [0, 0.05) is 11.1 Å². The molecule has 0 aliphatic heterocycles. The first-order chi connectivity index (χ1) is 15.5. The van der Waals surface area contributed by atoms with Crippen LogP contribution >= 0.6 is 23.2 Å². The zero-order valence-electron chi connectivity index (χ0n) is 17.2. The van der Waals surface area contributed by atoms with Crippen molar-refractivity contribution >= 4 is 40.3 Å². The average Bonchev–Trinajstić information content (AvgIpc) is 3.23. The maximum Gasteiger partial charge on any atom is 0.322 e. The third-order valence-electron chi connectivity index (χ3n) is 4.91. The van der Waals surface area contributed by atoms with Crippen LogP contribution in [-0.4, -0.2) is 24.1 Å². The average molecular weight is 471 g/mol. The van der Waals surface area contributed by atoms with Crippen LogP contribution in [0.2, 0.25) is 10.0 Å². The number of carbonyl (C=O) groups excluding carboxylic acids is 1. The van der Waals surface area contributed by atoms with Gasteiger partial charge in [-0.3, -0.25) is 4.79 Å². The van der Waals surface area contributed by atoms with Gasteiger partial charge in [-0.05, 0) is 42.3 Å². The molecule has 164 valence electrons. The standard InChI is InChI=1S/C24H20Cl2N2O4/c1-30-24(29)19(27)12-14-10-17(25)22(18(26)11-14)31-13-16-8-5-9-20-21(16)32-23(28-20)15-6-3-2-4-7-15/h2-11,19H,12-13,27H2,1H3. The number of hydrogen-bond donors (Lipinski definition) is 1. The van der Waals surface area contributed by atoms with Gasteiger partial charge in [-0.1, -0.05) is 53.5 Å². The normalized spacial score (nSPS) is 12.0. The number of fused-ring (bicyclic) bond motifs is 1. The van der Waals surface area contributed by atoms with Crippen molar-refractivity contribution in [3.05, 3.63) is 81.8 Å². The molecule has 0 spiro atoms. The molecule has 2 N–H and O–H groups in total. The number of aromatic nitrogens is 1. The molecule has 0 amide bonds. The number of benzene rings is 3. The summed E-state index contributed by atoms with van der Waals surface area (Å²) in [6, 6.07) is 17.9. The minimum Gasteiger partial charge on any atom is -0.486 e. The number of esters is 1. The molecule has 0 bridgehead atoms. The number of ether oxygens (including phenoxy) is 2. The number of nitrogens with zero attached hydrogens (tertiary/aromatic N) is 1. The number of nitrogens with two attached hydrogens (primary N) is 1. The van der Waals surface area contributed by atoms with Gasteiger partial charge >= 0.3 is 5.97 Å². The molecule has 4 aromatic rings. The summed E-state index contributed by atoms with van der Waals surface area (Å²) >= 11 is 12.8. The third-order valence-corrected chi connectivity index (χ3v) is 5.47. The van der Waals surface area contributed by atoms with Gasteiger partial charge in [-0.15, -0.1) is 0 Å². The molecule has 1 aromatic heterocycles. The molecular weight excluding hydrogens is 451 g/mol. The van der Waals surface area contributed by atoms with E-state index >= 15 is 0 Å². The van der Waals surface area contributed by atoms with E-state index in [1.165, 1.54) is 7.11 Å². The summed E-state index contributed by atoms with van der Waals surface area (Å²) < 4.78 is 16.6. The first-order valence-electron chi connectivity index (χ1n) is 9.84. The molecule has 0 saturated heterocycles. The minimum atomic E-state index is -0.804. The van der Waals surface area contributed by atoms with Gasteiger partial charge in [-0.25, -0.2) is 4.98 Å². The molecule has 0 aliphatic carbocycles. The van der Waals surface area contributed by atoms with Crippen molar-refractivity contribution in [1.29, 1.82) is 0 Å². The quantitative estimate of drug-likeness (QED) is 0.362. The van der Waals surface area contributed by atoms with Crippen LogP contribution in [0.25, 0.3) is 22.6 Å². The second-order valence-corrected chi connectivity index (χ2v) is 7.98. The summed E-state index contributed by atoms with van der Waals surface area (Å²) in [5.41, 5.74) is 9.59. The van der Waals surface area contributed by atoms with Crippen molar-refractivity contribution in [2.45, 2.75) is 19.1 Å². The Hall–Kier alpha value is -3.06. The van der Waals surface area contributed by atoms with Crippen LogP contribution in [0, 0.1) is 0 Å². The lowest BCUT2D eigenvalue weighted by Gasteiger charge is -2.14. The predicted octanol–water partition coefficient (Wildman–Crippen LogP) is 5.42. The van der Waals surface area contributed by atoms with E-state index in [0.717, 1.165) is 16.6 Å². The fourth-order valence-electron chi connectivity index (χ4n) is 3.33. The van der Waals surface area contributed by atoms with Crippen LogP contribution in [0.1, 0.15) is 11.1 Å². The number of methoxy groups -OCH3 is 1. The van der Waals surface area contributed by atoms with Gasteiger partial charge in [-0.2, -0.15) is 0 Å². The van der Waals surface area contributed by atoms with Crippen LogP contribution < -0.4 is 10.5 Å². The highest BCUT2D eigenvalue weighted by molar-refractivity contribution is 6.37. The molecule has 0 radical (unpaired) electrons. The monoisotopic (exact) mass is 470 g/mol. The number of para-hydroxylation sites is 1. The summed E-state index contributed by atoms with van der Waals surface area (Å²) in [6.45, 7) is 0.182. The van der Waals surface area contributed by atoms with E-state index in [9.17, 15) is 4.79 Å². The van der Waals surface area contributed by atoms with Crippen molar-refractivity contribution in [2.24, 2.45) is 5.73 Å². The molecule has 32 heavy (non-hydrogen) atoms. The van der Waals surface area contributed by atoms with Crippen LogP contribution in [-0.2, 0) is 22.6 Å². The van der Waals surface area contributed by atoms with Crippen LogP contribution in [0.4, 0.5) is 0 Å². The van der Waals surface area contributed by atoms with E-state index in [-0.39, 0.29) is 13.0 Å². The first-order valence-corrected chi connectivity index (χ1v) is 10.6. The molecule has 1 unspecified atom stereocenters. The maximum absolute atomic E-state index is 11.6. The smallest absolute Gasteiger partial charge is 0.322 e. The highest BCUT2D eigenvalue weighted by Crippen LogP contribution is 2.36. The molecule has 1 heterocycles. The van der Waals surface area contributed by atoms with Gasteiger partial charge in [0.05, 0.1) is 17.2 Å². The van der Waals surface area contributed by atoms with Crippen LogP contribution in [0.3, 0.4) is 0 Å². The van der Waals surface area contributed by atoms with E-state index in [4.69, 9.17) is 38.1 Å². The summed E-state index contributed by atoms with van der Waals surface area (Å²) in [4.78, 5) is 16.1. The number of carbonyl (C=O) groups is 1. The van der Waals surface area contributed by atoms with Crippen molar-refractivity contribution < 1.29 is 18.7 Å². The Balaban J connectivity index is 1.54. The lowest BCUT2D eigenvalue weighted by Crippen LogP contribution is -2.33. The Labute approximate surface area is 194 Å². The molecule has 8 heteroatoms. The molecule has 0 saturated carbocycles. The largest absolute Gasteiger partial charge is 0.486 e. The second kappa shape index (κ2) is 9.61. The van der Waals surface area contributed by atoms with E-state index in [1.807, 2.05) is 48.5 Å². The van der Waals surface area contributed by atoms with Crippen molar-refractivity contribution in [1.82, 2.24) is 4.98 Å². The number of halogens is 2. The SMILES string of the molecule is COC(=O)C(N)Cc1cc(Cl)c(OCc2cccc3nc(-c4ccccc4)oc23)c(Cl)c1. The molecule has 4 rings (SSSR count). The van der Waals surface area contributed by atoms with E-state index in [2.05, 4.69) is 9.72 Å². The highest BCUT2D eigenvalue weighted by Gasteiger charge is 2.18. The van der Waals surface area contributed by atoms with E-state index in [1.54, 1.807) is 12.1 Å². The summed E-state index contributed by atoms with van der Waals surface area (Å²) in [6.07, 6.45) is 0.242. The molecule has 0 fully saturated rings. The Morgan fingerprint density at radius 2 is 1.81 bits per heavy atom. The Kier molecular flexibility index (Phi) is 6.65. The van der Waals surface area contributed by atoms with Crippen molar-refractivity contribution in [3.63, 3.8) is 0 Å². The Bertz CT molecular complexity index is 1230. The molecule has 1 atom stereocenters. The fraction of sp³-hybridized carbons (Fsp3) is 0.167. The second-order valence-electron chi connectivity index (χ2n) is 7.16. The third kappa shape index (κ3) is 4.72. The van der Waals surface area contributed by atoms with E-state index in [0.29, 0.717) is 32.8 Å². The zero-order chi connectivity index (χ0) is 22.7. The zero-order valence-corrected chi connectivity index (χ0v) is 18.7. The fourth-order valence-corrected chi connectivity index (χ4v) is 3.97. The molecule has 3 aromatic carbocycles. The van der Waals surface area contributed by atoms with Gasteiger partial charge in [0.15, 0.2) is 11.3 Å². The summed E-state index contributed by atoms with van der Waals surface area (Å²) in [5, 5.41) is 0.638. The minimum absolute atomic E-state index is 0.182. The number of oxazole rings is 1. The van der Waals surface area contributed by atoms with Gasteiger partial charge in [0.25, 0.3) is 0 Å². The summed E-state index contributed by atoms with van der Waals surface area (Å²) in [5.74, 6) is 0.367. The van der Waals surface area contributed by atoms with Gasteiger partial charge in [0.1, 0.15) is 18.2 Å². The van der Waals surface area contributed by atoms with Crippen molar-refractivity contribution in [2.75, 3.05) is 7.11 Å². The van der Waals surface area contributed by atoms with Crippen LogP contribution in [0.15, 0.2) is 65.1 Å². The van der Waals surface area contributed by atoms with Gasteiger partial charge in [0.2, 0.25) is 5.89 Å². The number of rotatable bonds is 7. The molecule has 6 nitrogen and oxygen atoms in total. The highest BCUT2D eigenvalue weighted by atomic mass is 35.5. The van der Waals surface area contributed by atoms with Gasteiger partial charge < -0.3 is 19.6 Å². The number of hydrogen-bond acceptors (Lipinski definition) is 6. The summed E-state index contributed by atoms with van der Waals surface area (Å²) in [7, 11) is 1.29. The Morgan fingerprint density at radius 3 is 2.50 bits per heavy atom. The lowest BCUT2D eigenvalue weighted by atomic mass is 10.1. The molecular formula is C24H20Cl2N2O4. The topological polar surface area (TPSA) is 87.6 Å². The van der Waals surface area contributed by atoms with Crippen molar-refractivity contribution in [3.8, 4) is 17.2 Å². The van der Waals surface area contributed by atoms with Crippen LogP contribution in [0.5, 0.6) is 5.75 Å².